The van der Waals surface area contributed by atoms with Crippen LogP contribution in [0.2, 0.25) is 0 Å². The first kappa shape index (κ1) is 14.0. The molecule has 7 heteroatoms. The van der Waals surface area contributed by atoms with Gasteiger partial charge in [-0.05, 0) is 11.4 Å². The Morgan fingerprint density at radius 2 is 2.17 bits per heavy atom. The molecule has 0 aliphatic carbocycles. The number of hydrogen-bond donors (Lipinski definition) is 0. The van der Waals surface area contributed by atoms with Crippen LogP contribution in [0.15, 0.2) is 21.7 Å². The van der Waals surface area contributed by atoms with Crippen molar-refractivity contribution in [2.75, 3.05) is 46.4 Å². The van der Waals surface area contributed by atoms with Crippen LogP contribution in [0.25, 0.3) is 0 Å². The Morgan fingerprint density at radius 1 is 1.44 bits per heavy atom. The molecule has 0 radical (unpaired) electrons. The molecule has 0 unspecified atom stereocenters. The van der Waals surface area contributed by atoms with E-state index < -0.39 is 10.0 Å². The van der Waals surface area contributed by atoms with Crippen LogP contribution in [0, 0.1) is 0 Å². The zero-order chi connectivity index (χ0) is 13.0. The van der Waals surface area contributed by atoms with Gasteiger partial charge in [0, 0.05) is 33.2 Å². The van der Waals surface area contributed by atoms with Gasteiger partial charge in [-0.25, -0.2) is 8.42 Å². The van der Waals surface area contributed by atoms with Gasteiger partial charge in [-0.1, -0.05) is 6.07 Å². The highest BCUT2D eigenvalue weighted by atomic mass is 32.2. The third-order valence-electron chi connectivity index (χ3n) is 2.99. The van der Waals surface area contributed by atoms with E-state index in [1.54, 1.807) is 24.6 Å². The molecule has 5 nitrogen and oxygen atoms in total. The molecule has 0 N–H and O–H groups in total. The molecule has 1 aliphatic heterocycles. The van der Waals surface area contributed by atoms with E-state index in [4.69, 9.17) is 4.74 Å². The summed E-state index contributed by atoms with van der Waals surface area (Å²) in [6, 6.07) is 3.40. The first-order valence-electron chi connectivity index (χ1n) is 5.90. The average molecular weight is 290 g/mol. The van der Waals surface area contributed by atoms with Gasteiger partial charge in [-0.2, -0.15) is 4.31 Å². The molecular formula is C11H18N2O3S2. The van der Waals surface area contributed by atoms with Crippen LogP contribution in [-0.2, 0) is 14.8 Å². The zero-order valence-corrected chi connectivity index (χ0v) is 12.0. The van der Waals surface area contributed by atoms with Crippen LogP contribution in [0.5, 0.6) is 0 Å². The van der Waals surface area contributed by atoms with Crippen molar-refractivity contribution in [1.82, 2.24) is 9.21 Å². The van der Waals surface area contributed by atoms with Gasteiger partial charge >= 0.3 is 0 Å². The lowest BCUT2D eigenvalue weighted by Crippen LogP contribution is -2.41. The Kier molecular flexibility index (Phi) is 4.74. The first-order valence-corrected chi connectivity index (χ1v) is 8.22. The fourth-order valence-corrected chi connectivity index (χ4v) is 4.15. The minimum atomic E-state index is -3.30. The van der Waals surface area contributed by atoms with E-state index in [-0.39, 0.29) is 0 Å². The number of sulfonamides is 1. The quantitative estimate of drug-likeness (QED) is 0.801. The molecule has 0 saturated carbocycles. The van der Waals surface area contributed by atoms with Crippen molar-refractivity contribution in [1.29, 1.82) is 0 Å². The highest BCUT2D eigenvalue weighted by Crippen LogP contribution is 2.19. The number of nitrogens with zero attached hydrogens (tertiary/aromatic N) is 2. The Hall–Kier alpha value is -0.470. The molecule has 1 aromatic rings. The fourth-order valence-electron chi connectivity index (χ4n) is 1.79. The highest BCUT2D eigenvalue weighted by molar-refractivity contribution is 7.91. The van der Waals surface area contributed by atoms with Gasteiger partial charge in [0.05, 0.1) is 13.2 Å². The smallest absolute Gasteiger partial charge is 0.252 e. The SMILES string of the molecule is CN(CCN1CCOCC1)S(=O)(=O)c1cccs1. The molecule has 0 spiro atoms. The largest absolute Gasteiger partial charge is 0.379 e. The van der Waals surface area contributed by atoms with Gasteiger partial charge in [0.2, 0.25) is 0 Å². The number of ether oxygens (including phenoxy) is 1. The lowest BCUT2D eigenvalue weighted by atomic mass is 10.4. The van der Waals surface area contributed by atoms with Crippen molar-refractivity contribution >= 4 is 21.4 Å². The van der Waals surface area contributed by atoms with Gasteiger partial charge in [-0.3, -0.25) is 4.90 Å². The van der Waals surface area contributed by atoms with Crippen molar-refractivity contribution in [3.05, 3.63) is 17.5 Å². The molecule has 1 aliphatic rings. The summed E-state index contributed by atoms with van der Waals surface area (Å²) < 4.78 is 31.4. The van der Waals surface area contributed by atoms with E-state index in [1.807, 2.05) is 0 Å². The summed E-state index contributed by atoms with van der Waals surface area (Å²) in [6.07, 6.45) is 0. The summed E-state index contributed by atoms with van der Waals surface area (Å²) >= 11 is 1.26. The van der Waals surface area contributed by atoms with Crippen LogP contribution in [0.3, 0.4) is 0 Å². The number of hydrogen-bond acceptors (Lipinski definition) is 5. The second kappa shape index (κ2) is 6.12. The Bertz CT molecular complexity index is 453. The van der Waals surface area contributed by atoms with E-state index >= 15 is 0 Å². The van der Waals surface area contributed by atoms with E-state index in [1.165, 1.54) is 15.6 Å². The maximum Gasteiger partial charge on any atom is 0.252 e. The third kappa shape index (κ3) is 3.30. The Labute approximate surface area is 112 Å². The number of morpholine rings is 1. The molecule has 2 heterocycles. The number of thiophene rings is 1. The maximum absolute atomic E-state index is 12.2. The normalized spacial score (nSPS) is 18.3. The second-order valence-corrected chi connectivity index (χ2v) is 7.43. The zero-order valence-electron chi connectivity index (χ0n) is 10.4. The molecule has 0 amide bonds. The van der Waals surface area contributed by atoms with Crippen molar-refractivity contribution < 1.29 is 13.2 Å². The van der Waals surface area contributed by atoms with Crippen molar-refractivity contribution in [3.63, 3.8) is 0 Å². The van der Waals surface area contributed by atoms with Gasteiger partial charge in [0.15, 0.2) is 0 Å². The summed E-state index contributed by atoms with van der Waals surface area (Å²) in [5.74, 6) is 0. The standard InChI is InChI=1S/C11H18N2O3S2/c1-12(4-5-13-6-8-16-9-7-13)18(14,15)11-3-2-10-17-11/h2-3,10H,4-9H2,1H3. The molecule has 0 atom stereocenters. The van der Waals surface area contributed by atoms with E-state index in [2.05, 4.69) is 4.90 Å². The fraction of sp³-hybridized carbons (Fsp3) is 0.636. The molecular weight excluding hydrogens is 272 g/mol. The van der Waals surface area contributed by atoms with Crippen LogP contribution < -0.4 is 0 Å². The molecule has 1 aromatic heterocycles. The molecule has 1 saturated heterocycles. The maximum atomic E-state index is 12.2. The van der Waals surface area contributed by atoms with Crippen LogP contribution in [-0.4, -0.2) is 64.1 Å². The first-order chi connectivity index (χ1) is 8.60. The minimum absolute atomic E-state index is 0.409. The molecule has 102 valence electrons. The summed E-state index contributed by atoms with van der Waals surface area (Å²) in [5.41, 5.74) is 0. The number of likely N-dealkylation sites (N-methyl/N-ethyl adjacent to an activating group) is 1. The van der Waals surface area contributed by atoms with Crippen molar-refractivity contribution in [2.45, 2.75) is 4.21 Å². The second-order valence-electron chi connectivity index (χ2n) is 4.21. The van der Waals surface area contributed by atoms with Crippen molar-refractivity contribution in [3.8, 4) is 0 Å². The van der Waals surface area contributed by atoms with Crippen molar-refractivity contribution in [2.24, 2.45) is 0 Å². The Balaban J connectivity index is 1.89. The summed E-state index contributed by atoms with van der Waals surface area (Å²) in [7, 11) is -1.67. The minimum Gasteiger partial charge on any atom is -0.379 e. The lowest BCUT2D eigenvalue weighted by molar-refractivity contribution is 0.0368. The summed E-state index contributed by atoms with van der Waals surface area (Å²) in [6.45, 7) is 4.51. The summed E-state index contributed by atoms with van der Waals surface area (Å²) in [4.78, 5) is 2.23. The molecule has 0 aromatic carbocycles. The van der Waals surface area contributed by atoms with Gasteiger partial charge in [0.1, 0.15) is 4.21 Å². The third-order valence-corrected chi connectivity index (χ3v) is 6.22. The predicted molar refractivity (Wildman–Crippen MR) is 71.4 cm³/mol. The Morgan fingerprint density at radius 3 is 2.78 bits per heavy atom. The molecule has 18 heavy (non-hydrogen) atoms. The van der Waals surface area contributed by atoms with Gasteiger partial charge in [-0.15, -0.1) is 11.3 Å². The van der Waals surface area contributed by atoms with Gasteiger partial charge in [0.25, 0.3) is 10.0 Å². The number of rotatable bonds is 5. The van der Waals surface area contributed by atoms with E-state index in [0.29, 0.717) is 10.8 Å². The van der Waals surface area contributed by atoms with Crippen LogP contribution in [0.4, 0.5) is 0 Å². The summed E-state index contributed by atoms with van der Waals surface area (Å²) in [5, 5.41) is 1.78. The monoisotopic (exact) mass is 290 g/mol. The molecule has 2 rings (SSSR count). The van der Waals surface area contributed by atoms with Gasteiger partial charge < -0.3 is 4.74 Å². The van der Waals surface area contributed by atoms with E-state index in [0.717, 1.165) is 32.8 Å². The average Bonchev–Trinajstić information content (AvgIpc) is 2.91. The predicted octanol–water partition coefficient (Wildman–Crippen LogP) is 0.701. The molecule has 0 bridgehead atoms. The van der Waals surface area contributed by atoms with Crippen LogP contribution >= 0.6 is 11.3 Å². The lowest BCUT2D eigenvalue weighted by Gasteiger charge is -2.28. The topological polar surface area (TPSA) is 49.9 Å². The molecule has 1 fully saturated rings. The van der Waals surface area contributed by atoms with Crippen LogP contribution in [0.1, 0.15) is 0 Å². The highest BCUT2D eigenvalue weighted by Gasteiger charge is 2.22. The van der Waals surface area contributed by atoms with E-state index in [9.17, 15) is 8.42 Å².